The molecule has 9 heteroatoms. The highest BCUT2D eigenvalue weighted by molar-refractivity contribution is 6.37. The van der Waals surface area contributed by atoms with Crippen LogP contribution in [0.4, 0.5) is 11.4 Å². The molecule has 0 aromatic heterocycles. The Labute approximate surface area is 231 Å². The minimum absolute atomic E-state index is 0.0219. The van der Waals surface area contributed by atoms with Gasteiger partial charge in [-0.25, -0.2) is 0 Å². The van der Waals surface area contributed by atoms with Gasteiger partial charge in [-0.1, -0.05) is 66.4 Å². The van der Waals surface area contributed by atoms with E-state index in [9.17, 15) is 14.4 Å². The van der Waals surface area contributed by atoms with Crippen LogP contribution in [0.5, 0.6) is 0 Å². The van der Waals surface area contributed by atoms with Crippen LogP contribution >= 0.6 is 23.2 Å². The van der Waals surface area contributed by atoms with Crippen molar-refractivity contribution in [3.8, 4) is 0 Å². The first-order chi connectivity index (χ1) is 18.3. The van der Waals surface area contributed by atoms with Crippen molar-refractivity contribution in [3.05, 3.63) is 93.5 Å². The Morgan fingerprint density at radius 2 is 1.74 bits per heavy atom. The zero-order valence-corrected chi connectivity index (χ0v) is 22.1. The fraction of sp³-hybridized carbons (Fsp3) is 0.276. The average Bonchev–Trinajstić information content (AvgIpc) is 3.05. The van der Waals surface area contributed by atoms with Gasteiger partial charge in [-0.05, 0) is 54.8 Å². The number of amides is 3. The van der Waals surface area contributed by atoms with Crippen molar-refractivity contribution < 1.29 is 14.4 Å². The molecule has 7 nitrogen and oxygen atoms in total. The van der Waals surface area contributed by atoms with Gasteiger partial charge in [0.2, 0.25) is 5.91 Å². The number of nitrogens with two attached hydrogens (primary N) is 1. The lowest BCUT2D eigenvalue weighted by Gasteiger charge is -2.31. The number of hydrogen-bond donors (Lipinski definition) is 3. The van der Waals surface area contributed by atoms with Crippen molar-refractivity contribution in [3.63, 3.8) is 0 Å². The van der Waals surface area contributed by atoms with Crippen molar-refractivity contribution in [1.82, 2.24) is 5.32 Å². The molecule has 5 rings (SSSR count). The summed E-state index contributed by atoms with van der Waals surface area (Å²) in [5.41, 5.74) is 8.47. The number of nitrogens with zero attached hydrogens (tertiary/aromatic N) is 1. The highest BCUT2D eigenvalue weighted by Gasteiger charge is 2.35. The molecule has 1 aliphatic heterocycles. The van der Waals surface area contributed by atoms with E-state index in [1.165, 1.54) is 6.07 Å². The van der Waals surface area contributed by atoms with E-state index >= 15 is 0 Å². The smallest absolute Gasteiger partial charge is 0.260 e. The summed E-state index contributed by atoms with van der Waals surface area (Å²) in [5.74, 6) is -0.931. The second-order valence-electron chi connectivity index (χ2n) is 9.74. The van der Waals surface area contributed by atoms with Crippen LogP contribution in [0.25, 0.3) is 0 Å². The van der Waals surface area contributed by atoms with Crippen LogP contribution in [0.15, 0.2) is 66.7 Å². The van der Waals surface area contributed by atoms with Crippen molar-refractivity contribution in [1.29, 1.82) is 0 Å². The van der Waals surface area contributed by atoms with Gasteiger partial charge in [-0.2, -0.15) is 0 Å². The van der Waals surface area contributed by atoms with Gasteiger partial charge in [0.1, 0.15) is 0 Å². The van der Waals surface area contributed by atoms with Crippen LogP contribution in [0.1, 0.15) is 64.4 Å². The molecule has 196 valence electrons. The molecule has 3 unspecified atom stereocenters. The number of carbonyl (C=O) groups is 3. The molecule has 38 heavy (non-hydrogen) atoms. The van der Waals surface area contributed by atoms with E-state index in [4.69, 9.17) is 28.9 Å². The van der Waals surface area contributed by atoms with E-state index in [2.05, 4.69) is 10.6 Å². The summed E-state index contributed by atoms with van der Waals surface area (Å²) in [5, 5.41) is 6.55. The van der Waals surface area contributed by atoms with Crippen molar-refractivity contribution in [2.45, 2.75) is 50.2 Å². The van der Waals surface area contributed by atoms with Crippen molar-refractivity contribution in [2.24, 2.45) is 5.73 Å². The van der Waals surface area contributed by atoms with E-state index < -0.39 is 6.04 Å². The first-order valence-corrected chi connectivity index (χ1v) is 13.4. The van der Waals surface area contributed by atoms with Gasteiger partial charge in [-0.15, -0.1) is 0 Å². The van der Waals surface area contributed by atoms with Crippen LogP contribution < -0.4 is 21.3 Å². The Hall–Kier alpha value is -3.39. The number of anilines is 2. The Kier molecular flexibility index (Phi) is 7.70. The fourth-order valence-electron chi connectivity index (χ4n) is 5.20. The number of fused-ring (bicyclic) bond motifs is 1. The molecule has 1 fully saturated rings. The zero-order chi connectivity index (χ0) is 26.8. The van der Waals surface area contributed by atoms with E-state index in [0.717, 1.165) is 31.2 Å². The molecule has 0 radical (unpaired) electrons. The second-order valence-corrected chi connectivity index (χ2v) is 10.6. The SMILES string of the molecule is NC1CCCCC1NC(=O)c1ccc2c(c1)NC(=O)CC(c1ccccc1)N2C(=O)c1ccc(Cl)cc1Cl. The lowest BCUT2D eigenvalue weighted by molar-refractivity contribution is -0.116. The molecule has 3 aromatic rings. The number of hydrogen-bond acceptors (Lipinski definition) is 4. The first-order valence-electron chi connectivity index (χ1n) is 12.7. The molecule has 0 bridgehead atoms. The maximum atomic E-state index is 14.0. The monoisotopic (exact) mass is 550 g/mol. The summed E-state index contributed by atoms with van der Waals surface area (Å²) < 4.78 is 0. The molecule has 2 aliphatic rings. The Morgan fingerprint density at radius 1 is 0.974 bits per heavy atom. The van der Waals surface area contributed by atoms with Gasteiger partial charge in [-0.3, -0.25) is 19.3 Å². The molecule has 0 spiro atoms. The maximum Gasteiger partial charge on any atom is 0.260 e. The minimum Gasteiger partial charge on any atom is -0.348 e. The Balaban J connectivity index is 1.56. The van der Waals surface area contributed by atoms with Crippen molar-refractivity contribution in [2.75, 3.05) is 10.2 Å². The fourth-order valence-corrected chi connectivity index (χ4v) is 5.69. The third-order valence-corrected chi connectivity index (χ3v) is 7.73. The lowest BCUT2D eigenvalue weighted by atomic mass is 9.91. The molecule has 4 N–H and O–H groups in total. The number of rotatable bonds is 4. The van der Waals surface area contributed by atoms with E-state index in [0.29, 0.717) is 22.0 Å². The molecule has 1 aliphatic carbocycles. The minimum atomic E-state index is -0.600. The van der Waals surface area contributed by atoms with Crippen LogP contribution in [0, 0.1) is 0 Å². The average molecular weight is 551 g/mol. The van der Waals surface area contributed by atoms with E-state index in [1.54, 1.807) is 35.2 Å². The summed E-state index contributed by atoms with van der Waals surface area (Å²) in [6.07, 6.45) is 3.80. The van der Waals surface area contributed by atoms with Gasteiger partial charge in [0.05, 0.1) is 34.4 Å². The van der Waals surface area contributed by atoms with Gasteiger partial charge in [0, 0.05) is 22.7 Å². The summed E-state index contributed by atoms with van der Waals surface area (Å²) in [6.45, 7) is 0. The number of nitrogens with one attached hydrogen (secondary N) is 2. The predicted molar refractivity (Wildman–Crippen MR) is 150 cm³/mol. The molecule has 3 atom stereocenters. The van der Waals surface area contributed by atoms with Crippen LogP contribution in [0.2, 0.25) is 10.0 Å². The van der Waals surface area contributed by atoms with Crippen LogP contribution in [0.3, 0.4) is 0 Å². The quantitative estimate of drug-likeness (QED) is 0.386. The third kappa shape index (κ3) is 5.41. The van der Waals surface area contributed by atoms with Crippen LogP contribution in [-0.4, -0.2) is 29.8 Å². The van der Waals surface area contributed by atoms with E-state index in [-0.39, 0.29) is 46.8 Å². The Bertz CT molecular complexity index is 1380. The molecule has 1 saturated carbocycles. The zero-order valence-electron chi connectivity index (χ0n) is 20.6. The van der Waals surface area contributed by atoms with Gasteiger partial charge < -0.3 is 16.4 Å². The largest absolute Gasteiger partial charge is 0.348 e. The summed E-state index contributed by atoms with van der Waals surface area (Å²) in [6, 6.07) is 18.2. The molecular weight excluding hydrogens is 523 g/mol. The number of benzene rings is 3. The standard InChI is InChI=1S/C29H28Cl2N4O3/c30-19-11-12-20(21(31)15-19)29(38)35-25-13-10-18(28(37)34-23-9-5-4-8-22(23)32)14-24(25)33-27(36)16-26(35)17-6-2-1-3-7-17/h1-3,6-7,10-15,22-23,26H,4-5,8-9,16,32H2,(H,33,36)(H,34,37). The van der Waals surface area contributed by atoms with Gasteiger partial charge >= 0.3 is 0 Å². The van der Waals surface area contributed by atoms with Gasteiger partial charge in [0.15, 0.2) is 0 Å². The highest BCUT2D eigenvalue weighted by atomic mass is 35.5. The third-order valence-electron chi connectivity index (χ3n) is 7.18. The van der Waals surface area contributed by atoms with E-state index in [1.807, 2.05) is 30.3 Å². The summed E-state index contributed by atoms with van der Waals surface area (Å²) in [4.78, 5) is 41.8. The topological polar surface area (TPSA) is 105 Å². The van der Waals surface area contributed by atoms with Crippen LogP contribution in [-0.2, 0) is 4.79 Å². The highest BCUT2D eigenvalue weighted by Crippen LogP contribution is 2.40. The predicted octanol–water partition coefficient (Wildman–Crippen LogP) is 5.72. The lowest BCUT2D eigenvalue weighted by Crippen LogP contribution is -2.49. The Morgan fingerprint density at radius 3 is 2.47 bits per heavy atom. The molecule has 1 heterocycles. The molecular formula is C29H28Cl2N4O3. The maximum absolute atomic E-state index is 14.0. The molecule has 0 saturated heterocycles. The van der Waals surface area contributed by atoms with Gasteiger partial charge in [0.25, 0.3) is 11.8 Å². The normalized spacial score (nSPS) is 21.2. The second kappa shape index (κ2) is 11.2. The van der Waals surface area contributed by atoms with Crippen molar-refractivity contribution >= 4 is 52.3 Å². The number of carbonyl (C=O) groups excluding carboxylic acids is 3. The summed E-state index contributed by atoms with van der Waals surface area (Å²) >= 11 is 12.5. The molecule has 3 aromatic carbocycles. The summed E-state index contributed by atoms with van der Waals surface area (Å²) in [7, 11) is 0. The first kappa shape index (κ1) is 26.2. The number of halogens is 2. The molecule has 3 amide bonds.